The second-order valence-corrected chi connectivity index (χ2v) is 7.66. The Morgan fingerprint density at radius 1 is 1.13 bits per heavy atom. The SMILES string of the molecule is COc1cccc(N2CCN(C(=O)Cc3c(C(=O)O)[nH]c4ccc(Cl)cc34)CC2)c1. The van der Waals surface area contributed by atoms with Crippen molar-refractivity contribution in [3.63, 3.8) is 0 Å². The predicted octanol–water partition coefficient (Wildman–Crippen LogP) is 3.42. The van der Waals surface area contributed by atoms with Crippen molar-refractivity contribution in [2.45, 2.75) is 6.42 Å². The largest absolute Gasteiger partial charge is 0.497 e. The Bertz CT molecular complexity index is 1100. The van der Waals surface area contributed by atoms with Gasteiger partial charge in [-0.25, -0.2) is 4.79 Å². The number of aromatic nitrogens is 1. The van der Waals surface area contributed by atoms with Gasteiger partial charge in [-0.15, -0.1) is 0 Å². The number of nitrogens with zero attached hydrogens (tertiary/aromatic N) is 2. The summed E-state index contributed by atoms with van der Waals surface area (Å²) in [6, 6.07) is 13.0. The van der Waals surface area contributed by atoms with E-state index in [0.717, 1.165) is 11.4 Å². The number of piperazine rings is 1. The molecule has 0 spiro atoms. The van der Waals surface area contributed by atoms with Gasteiger partial charge < -0.3 is 24.6 Å². The van der Waals surface area contributed by atoms with E-state index in [1.807, 2.05) is 24.3 Å². The lowest BCUT2D eigenvalue weighted by molar-refractivity contribution is -0.130. The molecule has 0 radical (unpaired) electrons. The van der Waals surface area contributed by atoms with E-state index in [2.05, 4.69) is 9.88 Å². The highest BCUT2D eigenvalue weighted by molar-refractivity contribution is 6.31. The van der Waals surface area contributed by atoms with E-state index in [0.29, 0.717) is 47.7 Å². The molecule has 1 aliphatic heterocycles. The Morgan fingerprint density at radius 3 is 2.60 bits per heavy atom. The van der Waals surface area contributed by atoms with Crippen LogP contribution in [0.25, 0.3) is 10.9 Å². The summed E-state index contributed by atoms with van der Waals surface area (Å²) in [6.07, 6.45) is 0.0150. The van der Waals surface area contributed by atoms with Crippen LogP contribution in [0.3, 0.4) is 0 Å². The summed E-state index contributed by atoms with van der Waals surface area (Å²) in [4.78, 5) is 31.5. The van der Waals surface area contributed by atoms with Gasteiger partial charge in [0, 0.05) is 59.4 Å². The smallest absolute Gasteiger partial charge is 0.352 e. The van der Waals surface area contributed by atoms with Crippen LogP contribution in [0.4, 0.5) is 5.69 Å². The zero-order valence-electron chi connectivity index (χ0n) is 16.5. The topological polar surface area (TPSA) is 85.9 Å². The number of halogens is 1. The lowest BCUT2D eigenvalue weighted by atomic mass is 10.1. The van der Waals surface area contributed by atoms with Crippen molar-refractivity contribution in [2.75, 3.05) is 38.2 Å². The van der Waals surface area contributed by atoms with Crippen molar-refractivity contribution in [1.82, 2.24) is 9.88 Å². The van der Waals surface area contributed by atoms with E-state index in [4.69, 9.17) is 16.3 Å². The highest BCUT2D eigenvalue weighted by atomic mass is 35.5. The molecule has 7 nitrogen and oxygen atoms in total. The maximum Gasteiger partial charge on any atom is 0.352 e. The molecule has 0 saturated carbocycles. The highest BCUT2D eigenvalue weighted by Crippen LogP contribution is 2.27. The van der Waals surface area contributed by atoms with Crippen LogP contribution < -0.4 is 9.64 Å². The number of fused-ring (bicyclic) bond motifs is 1. The molecule has 0 aliphatic carbocycles. The molecule has 1 aromatic heterocycles. The summed E-state index contributed by atoms with van der Waals surface area (Å²) in [5.41, 5.74) is 2.22. The number of hydrogen-bond donors (Lipinski definition) is 2. The van der Waals surface area contributed by atoms with E-state index in [1.165, 1.54) is 0 Å². The number of rotatable bonds is 5. The third-order valence-electron chi connectivity index (χ3n) is 5.46. The number of hydrogen-bond acceptors (Lipinski definition) is 4. The van der Waals surface area contributed by atoms with E-state index < -0.39 is 5.97 Å². The van der Waals surface area contributed by atoms with Crippen LogP contribution in [-0.2, 0) is 11.2 Å². The Labute approximate surface area is 178 Å². The molecule has 0 unspecified atom stereocenters. The van der Waals surface area contributed by atoms with Crippen molar-refractivity contribution >= 4 is 40.1 Å². The summed E-state index contributed by atoms with van der Waals surface area (Å²) in [7, 11) is 1.64. The van der Waals surface area contributed by atoms with E-state index in [1.54, 1.807) is 30.2 Å². The summed E-state index contributed by atoms with van der Waals surface area (Å²) in [5.74, 6) is -0.387. The maximum atomic E-state index is 13.0. The molecule has 30 heavy (non-hydrogen) atoms. The van der Waals surface area contributed by atoms with Gasteiger partial charge in [0.25, 0.3) is 0 Å². The minimum atomic E-state index is -1.09. The number of carboxylic acids is 1. The summed E-state index contributed by atoms with van der Waals surface area (Å²) < 4.78 is 5.29. The Hall–Kier alpha value is -3.19. The zero-order valence-corrected chi connectivity index (χ0v) is 17.3. The number of anilines is 1. The fraction of sp³-hybridized carbons (Fsp3) is 0.273. The van der Waals surface area contributed by atoms with Crippen LogP contribution in [-0.4, -0.2) is 60.2 Å². The van der Waals surface area contributed by atoms with Gasteiger partial charge in [0.1, 0.15) is 11.4 Å². The molecule has 156 valence electrons. The van der Waals surface area contributed by atoms with Gasteiger partial charge in [0.15, 0.2) is 0 Å². The van der Waals surface area contributed by atoms with Gasteiger partial charge in [-0.05, 0) is 30.3 Å². The molecule has 1 saturated heterocycles. The number of methoxy groups -OCH3 is 1. The molecule has 1 aliphatic rings. The van der Waals surface area contributed by atoms with Crippen LogP contribution in [0.5, 0.6) is 5.75 Å². The number of benzene rings is 2. The summed E-state index contributed by atoms with van der Waals surface area (Å²) in [5, 5.41) is 10.7. The molecule has 2 N–H and O–H groups in total. The maximum absolute atomic E-state index is 13.0. The monoisotopic (exact) mass is 427 g/mol. The number of nitrogens with one attached hydrogen (secondary N) is 1. The van der Waals surface area contributed by atoms with Crippen LogP contribution in [0.15, 0.2) is 42.5 Å². The van der Waals surface area contributed by atoms with Crippen molar-refractivity contribution in [2.24, 2.45) is 0 Å². The standard InChI is InChI=1S/C22H22ClN3O4/c1-30-16-4-2-3-15(12-16)25-7-9-26(10-8-25)20(27)13-18-17-11-14(23)5-6-19(17)24-21(18)22(28)29/h2-6,11-12,24H,7-10,13H2,1H3,(H,28,29). The Kier molecular flexibility index (Phi) is 5.55. The number of ether oxygens (including phenoxy) is 1. The first-order chi connectivity index (χ1) is 14.5. The number of amides is 1. The van der Waals surface area contributed by atoms with Crippen LogP contribution in [0, 0.1) is 0 Å². The molecule has 2 aromatic carbocycles. The second-order valence-electron chi connectivity index (χ2n) is 7.22. The molecule has 2 heterocycles. The number of carbonyl (C=O) groups excluding carboxylic acids is 1. The molecule has 8 heteroatoms. The molecule has 3 aromatic rings. The van der Waals surface area contributed by atoms with Gasteiger partial charge in [-0.3, -0.25) is 4.79 Å². The van der Waals surface area contributed by atoms with Gasteiger partial charge in [0.05, 0.1) is 13.5 Å². The van der Waals surface area contributed by atoms with Crippen LogP contribution >= 0.6 is 11.6 Å². The number of carbonyl (C=O) groups is 2. The Balaban J connectivity index is 1.48. The summed E-state index contributed by atoms with van der Waals surface area (Å²) in [6.45, 7) is 2.54. The highest BCUT2D eigenvalue weighted by Gasteiger charge is 2.25. The number of aromatic amines is 1. The first kappa shape index (κ1) is 20.1. The summed E-state index contributed by atoms with van der Waals surface area (Å²) >= 11 is 6.09. The Morgan fingerprint density at radius 2 is 1.90 bits per heavy atom. The number of H-pyrrole nitrogens is 1. The molecule has 0 bridgehead atoms. The number of aromatic carboxylic acids is 1. The van der Waals surface area contributed by atoms with Crippen molar-refractivity contribution in [3.05, 3.63) is 58.7 Å². The predicted molar refractivity (Wildman–Crippen MR) is 116 cm³/mol. The first-order valence-electron chi connectivity index (χ1n) is 9.66. The van der Waals surface area contributed by atoms with Gasteiger partial charge in [-0.2, -0.15) is 0 Å². The van der Waals surface area contributed by atoms with Crippen molar-refractivity contribution < 1.29 is 19.4 Å². The molecule has 1 fully saturated rings. The van der Waals surface area contributed by atoms with Crippen molar-refractivity contribution in [3.8, 4) is 5.75 Å². The minimum Gasteiger partial charge on any atom is -0.497 e. The van der Waals surface area contributed by atoms with E-state index in [-0.39, 0.29) is 18.0 Å². The fourth-order valence-corrected chi connectivity index (χ4v) is 4.04. The number of carboxylic acid groups (broad SMARTS) is 1. The fourth-order valence-electron chi connectivity index (χ4n) is 3.87. The third-order valence-corrected chi connectivity index (χ3v) is 5.70. The van der Waals surface area contributed by atoms with Crippen LogP contribution in [0.1, 0.15) is 16.1 Å². The molecule has 4 rings (SSSR count). The average molecular weight is 428 g/mol. The van der Waals surface area contributed by atoms with E-state index in [9.17, 15) is 14.7 Å². The van der Waals surface area contributed by atoms with Crippen molar-refractivity contribution in [1.29, 1.82) is 0 Å². The normalized spacial score (nSPS) is 14.2. The van der Waals surface area contributed by atoms with E-state index >= 15 is 0 Å². The molecule has 1 amide bonds. The lowest BCUT2D eigenvalue weighted by Gasteiger charge is -2.36. The minimum absolute atomic E-state index is 0.0150. The molecular weight excluding hydrogens is 406 g/mol. The zero-order chi connectivity index (χ0) is 21.3. The molecule has 0 atom stereocenters. The quantitative estimate of drug-likeness (QED) is 0.651. The third kappa shape index (κ3) is 3.93. The van der Waals surface area contributed by atoms with Gasteiger partial charge >= 0.3 is 5.97 Å². The molecular formula is C22H22ClN3O4. The lowest BCUT2D eigenvalue weighted by Crippen LogP contribution is -2.49. The average Bonchev–Trinajstić information content (AvgIpc) is 3.11. The van der Waals surface area contributed by atoms with Crippen LogP contribution in [0.2, 0.25) is 5.02 Å². The van der Waals surface area contributed by atoms with Gasteiger partial charge in [-0.1, -0.05) is 17.7 Å². The second kappa shape index (κ2) is 8.28. The van der Waals surface area contributed by atoms with Gasteiger partial charge in [0.2, 0.25) is 5.91 Å². The first-order valence-corrected chi connectivity index (χ1v) is 10.0.